The molecular formula is C25H21NO3. The summed E-state index contributed by atoms with van der Waals surface area (Å²) in [5, 5.41) is 3.72. The molecule has 144 valence electrons. The first-order valence-corrected chi connectivity index (χ1v) is 9.45. The number of furan rings is 1. The minimum absolute atomic E-state index is 0.149. The van der Waals surface area contributed by atoms with Crippen LogP contribution >= 0.6 is 0 Å². The Morgan fingerprint density at radius 1 is 0.759 bits per heavy atom. The Labute approximate surface area is 169 Å². The molecule has 1 amide bonds. The van der Waals surface area contributed by atoms with Crippen LogP contribution in [0.25, 0.3) is 11.0 Å². The summed E-state index contributed by atoms with van der Waals surface area (Å²) >= 11 is 0. The van der Waals surface area contributed by atoms with E-state index in [1.807, 2.05) is 51.1 Å². The molecule has 0 saturated carbocycles. The molecule has 1 N–H and O–H groups in total. The van der Waals surface area contributed by atoms with Gasteiger partial charge in [0, 0.05) is 27.8 Å². The zero-order valence-electron chi connectivity index (χ0n) is 16.6. The number of hydrogen-bond donors (Lipinski definition) is 1. The third kappa shape index (κ3) is 3.69. The van der Waals surface area contributed by atoms with E-state index >= 15 is 0 Å². The number of carbonyl (C=O) groups excluding carboxylic acids is 2. The fraction of sp³-hybridized carbons (Fsp3) is 0.120. The first-order valence-electron chi connectivity index (χ1n) is 9.45. The summed E-state index contributed by atoms with van der Waals surface area (Å²) in [6.07, 6.45) is 0. The third-order valence-electron chi connectivity index (χ3n) is 5.03. The molecule has 0 radical (unpaired) electrons. The van der Waals surface area contributed by atoms with E-state index in [9.17, 15) is 9.59 Å². The molecule has 4 nitrogen and oxygen atoms in total. The minimum atomic E-state index is -0.179. The summed E-state index contributed by atoms with van der Waals surface area (Å²) in [5.74, 6) is -0.00346. The number of fused-ring (bicyclic) bond motifs is 1. The fourth-order valence-corrected chi connectivity index (χ4v) is 3.26. The van der Waals surface area contributed by atoms with Crippen LogP contribution in [0.5, 0.6) is 0 Å². The highest BCUT2D eigenvalue weighted by Crippen LogP contribution is 2.29. The first-order chi connectivity index (χ1) is 13.9. The normalized spacial score (nSPS) is 10.9. The third-order valence-corrected chi connectivity index (χ3v) is 5.03. The van der Waals surface area contributed by atoms with Crippen LogP contribution < -0.4 is 5.32 Å². The van der Waals surface area contributed by atoms with Gasteiger partial charge in [0.2, 0.25) is 5.78 Å². The topological polar surface area (TPSA) is 59.3 Å². The predicted octanol–water partition coefficient (Wildman–Crippen LogP) is 5.84. The second-order valence-corrected chi connectivity index (χ2v) is 7.28. The number of hydrogen-bond acceptors (Lipinski definition) is 3. The van der Waals surface area contributed by atoms with Crippen molar-refractivity contribution >= 4 is 28.3 Å². The van der Waals surface area contributed by atoms with Gasteiger partial charge in [0.1, 0.15) is 5.58 Å². The van der Waals surface area contributed by atoms with Gasteiger partial charge in [-0.15, -0.1) is 0 Å². The van der Waals surface area contributed by atoms with E-state index in [0.29, 0.717) is 28.2 Å². The number of benzene rings is 3. The lowest BCUT2D eigenvalue weighted by Crippen LogP contribution is -2.11. The molecule has 1 aromatic heterocycles. The number of nitrogens with one attached hydrogen (secondary N) is 1. The van der Waals surface area contributed by atoms with E-state index in [0.717, 1.165) is 22.1 Å². The lowest BCUT2D eigenvalue weighted by atomic mass is 10.0. The Kier molecular flexibility index (Phi) is 4.77. The van der Waals surface area contributed by atoms with Crippen LogP contribution in [0.3, 0.4) is 0 Å². The van der Waals surface area contributed by atoms with Gasteiger partial charge < -0.3 is 9.73 Å². The molecule has 0 atom stereocenters. The average Bonchev–Trinajstić information content (AvgIpc) is 3.05. The van der Waals surface area contributed by atoms with Crippen LogP contribution in [-0.4, -0.2) is 11.7 Å². The van der Waals surface area contributed by atoms with Crippen molar-refractivity contribution in [2.75, 3.05) is 5.32 Å². The molecule has 3 aromatic carbocycles. The van der Waals surface area contributed by atoms with Gasteiger partial charge in [-0.2, -0.15) is 0 Å². The fourth-order valence-electron chi connectivity index (χ4n) is 3.26. The summed E-state index contributed by atoms with van der Waals surface area (Å²) in [7, 11) is 0. The molecule has 4 aromatic rings. The maximum atomic E-state index is 12.9. The van der Waals surface area contributed by atoms with Crippen LogP contribution in [0.15, 0.2) is 71.1 Å². The molecule has 4 rings (SSSR count). The zero-order chi connectivity index (χ0) is 20.5. The van der Waals surface area contributed by atoms with Gasteiger partial charge in [-0.1, -0.05) is 47.5 Å². The summed E-state index contributed by atoms with van der Waals surface area (Å²) in [6, 6.07) is 20.2. The van der Waals surface area contributed by atoms with Crippen molar-refractivity contribution in [1.29, 1.82) is 0 Å². The van der Waals surface area contributed by atoms with Crippen molar-refractivity contribution in [2.45, 2.75) is 20.8 Å². The van der Waals surface area contributed by atoms with Crippen molar-refractivity contribution in [3.8, 4) is 0 Å². The van der Waals surface area contributed by atoms with Crippen molar-refractivity contribution in [3.63, 3.8) is 0 Å². The summed E-state index contributed by atoms with van der Waals surface area (Å²) in [6.45, 7) is 5.82. The van der Waals surface area contributed by atoms with E-state index in [1.165, 1.54) is 0 Å². The van der Waals surface area contributed by atoms with Crippen LogP contribution in [-0.2, 0) is 0 Å². The zero-order valence-corrected chi connectivity index (χ0v) is 16.6. The van der Waals surface area contributed by atoms with E-state index in [4.69, 9.17) is 4.42 Å². The monoisotopic (exact) mass is 383 g/mol. The Hall–Kier alpha value is -3.66. The smallest absolute Gasteiger partial charge is 0.255 e. The summed E-state index contributed by atoms with van der Waals surface area (Å²) < 4.78 is 5.84. The van der Waals surface area contributed by atoms with Gasteiger partial charge >= 0.3 is 0 Å². The molecule has 0 fully saturated rings. The van der Waals surface area contributed by atoms with Gasteiger partial charge in [0.15, 0.2) is 5.76 Å². The van der Waals surface area contributed by atoms with Gasteiger partial charge in [-0.3, -0.25) is 9.59 Å². The maximum Gasteiger partial charge on any atom is 0.255 e. The van der Waals surface area contributed by atoms with E-state index in [2.05, 4.69) is 5.32 Å². The highest BCUT2D eigenvalue weighted by atomic mass is 16.3. The molecule has 0 bridgehead atoms. The van der Waals surface area contributed by atoms with Crippen molar-refractivity contribution < 1.29 is 14.0 Å². The molecule has 29 heavy (non-hydrogen) atoms. The number of anilines is 1. The Balaban J connectivity index is 1.63. The van der Waals surface area contributed by atoms with Gasteiger partial charge in [0.25, 0.3) is 5.91 Å². The number of aryl methyl sites for hydroxylation is 3. The van der Waals surface area contributed by atoms with Crippen LogP contribution in [0.2, 0.25) is 0 Å². The van der Waals surface area contributed by atoms with Gasteiger partial charge in [0.05, 0.1) is 0 Å². The van der Waals surface area contributed by atoms with Crippen molar-refractivity contribution in [2.24, 2.45) is 0 Å². The molecule has 0 unspecified atom stereocenters. The Morgan fingerprint density at radius 3 is 1.97 bits per heavy atom. The second-order valence-electron chi connectivity index (χ2n) is 7.28. The molecule has 4 heteroatoms. The van der Waals surface area contributed by atoms with Crippen LogP contribution in [0.1, 0.15) is 43.2 Å². The Morgan fingerprint density at radius 2 is 1.34 bits per heavy atom. The minimum Gasteiger partial charge on any atom is -0.452 e. The highest BCUT2D eigenvalue weighted by molar-refractivity contribution is 6.11. The maximum absolute atomic E-state index is 12.9. The number of carbonyl (C=O) groups is 2. The molecule has 0 aliphatic carbocycles. The molecule has 0 aliphatic heterocycles. The molecule has 0 spiro atoms. The summed E-state index contributed by atoms with van der Waals surface area (Å²) in [4.78, 5) is 25.3. The van der Waals surface area contributed by atoms with Crippen LogP contribution in [0, 0.1) is 20.8 Å². The van der Waals surface area contributed by atoms with Gasteiger partial charge in [-0.25, -0.2) is 0 Å². The lowest BCUT2D eigenvalue weighted by Gasteiger charge is -2.06. The van der Waals surface area contributed by atoms with Crippen molar-refractivity contribution in [3.05, 3.63) is 100 Å². The van der Waals surface area contributed by atoms with Crippen molar-refractivity contribution in [1.82, 2.24) is 0 Å². The quantitative estimate of drug-likeness (QED) is 0.450. The second kappa shape index (κ2) is 7.40. The van der Waals surface area contributed by atoms with Crippen LogP contribution in [0.4, 0.5) is 5.69 Å². The van der Waals surface area contributed by atoms with E-state index in [-0.39, 0.29) is 11.7 Å². The first kappa shape index (κ1) is 18.7. The molecule has 0 aliphatic rings. The molecule has 0 saturated heterocycles. The SMILES string of the molecule is Cc1ccc(C(=O)Nc2ccc3oc(C(=O)c4ccc(C)cc4)c(C)c3c2)cc1. The molecular weight excluding hydrogens is 362 g/mol. The average molecular weight is 383 g/mol. The lowest BCUT2D eigenvalue weighted by molar-refractivity contribution is 0.101. The highest BCUT2D eigenvalue weighted by Gasteiger charge is 2.19. The predicted molar refractivity (Wildman–Crippen MR) is 115 cm³/mol. The standard InChI is InChI=1S/C25H21NO3/c1-15-4-8-18(9-5-15)23(27)24-17(3)21-14-20(12-13-22(21)29-24)26-25(28)19-10-6-16(2)7-11-19/h4-14H,1-3H3,(H,26,28). The number of amides is 1. The van der Waals surface area contributed by atoms with E-state index < -0.39 is 0 Å². The summed E-state index contributed by atoms with van der Waals surface area (Å²) in [5.41, 5.74) is 5.41. The molecule has 1 heterocycles. The number of ketones is 1. The van der Waals surface area contributed by atoms with Gasteiger partial charge in [-0.05, 0) is 51.1 Å². The van der Waals surface area contributed by atoms with E-state index in [1.54, 1.807) is 36.4 Å². The Bertz CT molecular complexity index is 1220. The largest absolute Gasteiger partial charge is 0.452 e. The number of rotatable bonds is 4.